The summed E-state index contributed by atoms with van der Waals surface area (Å²) in [6.45, 7) is 0. The van der Waals surface area contributed by atoms with Crippen LogP contribution in [0, 0.1) is 0 Å². The zero-order valence-corrected chi connectivity index (χ0v) is 22.3. The highest BCUT2D eigenvalue weighted by Gasteiger charge is 2.19. The van der Waals surface area contributed by atoms with Crippen molar-refractivity contribution in [3.8, 4) is 34.2 Å². The van der Waals surface area contributed by atoms with Gasteiger partial charge in [0.15, 0.2) is 17.5 Å². The van der Waals surface area contributed by atoms with Crippen molar-refractivity contribution in [3.05, 3.63) is 139 Å². The summed E-state index contributed by atoms with van der Waals surface area (Å²) in [6.07, 6.45) is 0. The highest BCUT2D eigenvalue weighted by Crippen LogP contribution is 2.39. The second-order valence-corrected chi connectivity index (χ2v) is 10.0. The van der Waals surface area contributed by atoms with Crippen molar-refractivity contribution in [1.82, 2.24) is 15.0 Å². The van der Waals surface area contributed by atoms with Crippen LogP contribution in [0.15, 0.2) is 144 Å². The lowest BCUT2D eigenvalue weighted by Gasteiger charge is -2.13. The Labute approximate surface area is 261 Å². The van der Waals surface area contributed by atoms with Crippen LogP contribution in [0.4, 0.5) is 0 Å². The van der Waals surface area contributed by atoms with Gasteiger partial charge in [0.2, 0.25) is 0 Å². The highest BCUT2D eigenvalue weighted by molar-refractivity contribution is 6.22. The predicted octanol–water partition coefficient (Wildman–Crippen LogP) is 10.2. The van der Waals surface area contributed by atoms with Gasteiger partial charge in [0.25, 0.3) is 0 Å². The van der Waals surface area contributed by atoms with Crippen molar-refractivity contribution < 1.29 is 18.1 Å². The van der Waals surface area contributed by atoms with Crippen LogP contribution in [-0.2, 0) is 0 Å². The third kappa shape index (κ3) is 3.74. The lowest BCUT2D eigenvalue weighted by molar-refractivity contribution is 0.669. The number of para-hydroxylation sites is 1. The summed E-state index contributed by atoms with van der Waals surface area (Å²) in [7, 11) is 0. The minimum absolute atomic E-state index is 0.0106. The van der Waals surface area contributed by atoms with Gasteiger partial charge in [-0.3, -0.25) is 0 Å². The van der Waals surface area contributed by atoms with E-state index in [0.717, 1.165) is 10.8 Å². The fourth-order valence-electron chi connectivity index (χ4n) is 5.60. The summed E-state index contributed by atoms with van der Waals surface area (Å²) < 4.78 is 95.0. The molecule has 200 valence electrons. The Morgan fingerprint density at radius 1 is 0.442 bits per heavy atom. The zero-order valence-electron chi connectivity index (χ0n) is 32.3. The molecule has 0 atom stereocenters. The van der Waals surface area contributed by atoms with Gasteiger partial charge >= 0.3 is 0 Å². The van der Waals surface area contributed by atoms with E-state index in [9.17, 15) is 2.74 Å². The van der Waals surface area contributed by atoms with Crippen molar-refractivity contribution in [1.29, 1.82) is 0 Å². The maximum Gasteiger partial charge on any atom is 0.164 e. The number of aromatic nitrogens is 3. The van der Waals surface area contributed by atoms with Crippen molar-refractivity contribution >= 4 is 54.3 Å². The maximum atomic E-state index is 9.28. The number of nitrogens with zero attached hydrogens (tertiary/aromatic N) is 3. The summed E-state index contributed by atoms with van der Waals surface area (Å²) in [6, 6.07) is 18.7. The van der Waals surface area contributed by atoms with Gasteiger partial charge in [-0.15, -0.1) is 0 Å². The molecule has 43 heavy (non-hydrogen) atoms. The molecule has 4 heteroatoms. The van der Waals surface area contributed by atoms with Crippen molar-refractivity contribution in [2.75, 3.05) is 0 Å². The Morgan fingerprint density at radius 2 is 1.19 bits per heavy atom. The van der Waals surface area contributed by atoms with Gasteiger partial charge in [-0.2, -0.15) is 0 Å². The van der Waals surface area contributed by atoms with E-state index in [1.54, 1.807) is 18.2 Å². The zero-order chi connectivity index (χ0) is 37.0. The Balaban J connectivity index is 1.48. The molecule has 0 bridgehead atoms. The maximum absolute atomic E-state index is 9.28. The van der Waals surface area contributed by atoms with E-state index in [2.05, 4.69) is 0 Å². The molecule has 0 saturated carbocycles. The van der Waals surface area contributed by atoms with Crippen molar-refractivity contribution in [2.45, 2.75) is 0 Å². The Hall–Kier alpha value is -5.87. The van der Waals surface area contributed by atoms with Gasteiger partial charge in [0.1, 0.15) is 11.2 Å². The first kappa shape index (κ1) is 15.9. The number of rotatable bonds is 3. The van der Waals surface area contributed by atoms with E-state index in [1.807, 2.05) is 54.6 Å². The van der Waals surface area contributed by atoms with E-state index in [0.29, 0.717) is 22.3 Å². The fourth-order valence-corrected chi connectivity index (χ4v) is 5.60. The second kappa shape index (κ2) is 9.33. The highest BCUT2D eigenvalue weighted by atomic mass is 16.3. The minimum Gasteiger partial charge on any atom is -0.456 e. The summed E-state index contributed by atoms with van der Waals surface area (Å²) in [5.41, 5.74) is 2.32. The predicted molar refractivity (Wildman–Crippen MR) is 176 cm³/mol. The molecule has 0 saturated heterocycles. The molecule has 9 rings (SSSR count). The van der Waals surface area contributed by atoms with Gasteiger partial charge in [0.05, 0.1) is 13.7 Å². The smallest absolute Gasteiger partial charge is 0.164 e. The van der Waals surface area contributed by atoms with Crippen molar-refractivity contribution in [2.24, 2.45) is 0 Å². The Bertz CT molecular complexity index is 3080. The normalized spacial score (nSPS) is 15.0. The Morgan fingerprint density at radius 3 is 2.12 bits per heavy atom. The summed E-state index contributed by atoms with van der Waals surface area (Å²) in [5.74, 6) is 0.310. The number of fused-ring (bicyclic) bond motifs is 8. The molecule has 0 aliphatic heterocycles. The molecule has 0 aliphatic rings. The largest absolute Gasteiger partial charge is 0.456 e. The van der Waals surface area contributed by atoms with E-state index < -0.39 is 54.4 Å². The first-order chi connectivity index (χ1) is 25.5. The van der Waals surface area contributed by atoms with Crippen LogP contribution in [-0.4, -0.2) is 15.0 Å². The van der Waals surface area contributed by atoms with Gasteiger partial charge in [-0.1, -0.05) is 127 Å². The number of furan rings is 1. The van der Waals surface area contributed by atoms with Crippen LogP contribution < -0.4 is 0 Å². The molecule has 0 aliphatic carbocycles. The lowest BCUT2D eigenvalue weighted by atomic mass is 9.94. The van der Waals surface area contributed by atoms with Crippen LogP contribution in [0.25, 0.3) is 88.4 Å². The molecule has 2 aromatic heterocycles. The van der Waals surface area contributed by atoms with E-state index in [4.69, 9.17) is 30.3 Å². The quantitative estimate of drug-likeness (QED) is 0.202. The first-order valence-corrected chi connectivity index (χ1v) is 13.6. The van der Waals surface area contributed by atoms with Gasteiger partial charge in [-0.05, 0) is 44.5 Å². The summed E-state index contributed by atoms with van der Waals surface area (Å²) >= 11 is 0. The standard InChI is InChI=1S/C39H23N3O/c1-2-11-26(12-3-1)37-40-38(42-39(41-37)32-17-9-19-34-36(32)31-14-6-7-18-33(31)43-34)30-16-8-15-29-28(30)23-22-25-21-20-24-10-4-5-13-27(24)35(25)29/h1-23H/i4D,5D,8D,13D,15D,16D,20D,21D,22D,23D. The Kier molecular flexibility index (Phi) is 3.46. The third-order valence-corrected chi connectivity index (χ3v) is 7.54. The number of hydrogen-bond donors (Lipinski definition) is 0. The molecule has 2 heterocycles. The lowest BCUT2D eigenvalue weighted by Crippen LogP contribution is -2.01. The molecule has 9 aromatic rings. The molecule has 7 aromatic carbocycles. The number of benzene rings is 7. The fraction of sp³-hybridized carbons (Fsp3) is 0. The first-order valence-electron chi connectivity index (χ1n) is 18.6. The van der Waals surface area contributed by atoms with Crippen LogP contribution in [0.2, 0.25) is 0 Å². The van der Waals surface area contributed by atoms with Gasteiger partial charge < -0.3 is 4.42 Å². The third-order valence-electron chi connectivity index (χ3n) is 7.54. The monoisotopic (exact) mass is 559 g/mol. The SMILES string of the molecule is [2H]c1cc2c([2H])c([2H])c3c([2H])c([2H])c4c(-c5nc(-c6ccccc6)nc(-c6cccc7oc8ccccc8c67)n5)c([2H])c([2H])c([2H])c4c3c2c([2H])c1[2H]. The van der Waals surface area contributed by atoms with Gasteiger partial charge in [0, 0.05) is 27.5 Å². The van der Waals surface area contributed by atoms with Crippen LogP contribution >= 0.6 is 0 Å². The van der Waals surface area contributed by atoms with E-state index in [1.165, 1.54) is 6.07 Å². The average Bonchev–Trinajstić information content (AvgIpc) is 3.56. The molecular weight excluding hydrogens is 526 g/mol. The average molecular weight is 560 g/mol. The van der Waals surface area contributed by atoms with E-state index in [-0.39, 0.29) is 61.4 Å². The van der Waals surface area contributed by atoms with E-state index >= 15 is 0 Å². The molecule has 4 nitrogen and oxygen atoms in total. The van der Waals surface area contributed by atoms with Crippen LogP contribution in [0.5, 0.6) is 0 Å². The second-order valence-electron chi connectivity index (χ2n) is 10.0. The molecule has 0 N–H and O–H groups in total. The molecular formula is C39H23N3O. The van der Waals surface area contributed by atoms with Crippen molar-refractivity contribution in [3.63, 3.8) is 0 Å². The topological polar surface area (TPSA) is 51.8 Å². The number of hydrogen-bond acceptors (Lipinski definition) is 4. The minimum atomic E-state index is -0.554. The molecule has 0 spiro atoms. The summed E-state index contributed by atoms with van der Waals surface area (Å²) in [4.78, 5) is 14.5. The molecule has 0 radical (unpaired) electrons. The molecule has 0 unspecified atom stereocenters. The van der Waals surface area contributed by atoms with Crippen LogP contribution in [0.3, 0.4) is 0 Å². The molecule has 0 fully saturated rings. The van der Waals surface area contributed by atoms with Crippen LogP contribution in [0.1, 0.15) is 13.7 Å². The molecule has 0 amide bonds. The summed E-state index contributed by atoms with van der Waals surface area (Å²) in [5, 5.41) is 0.983. The van der Waals surface area contributed by atoms with Gasteiger partial charge in [-0.25, -0.2) is 15.0 Å².